The third kappa shape index (κ3) is 3.82. The molecule has 1 aromatic carbocycles. The molecule has 0 heterocycles. The van der Waals surface area contributed by atoms with Crippen molar-refractivity contribution in [3.63, 3.8) is 0 Å². The SMILES string of the molecule is CCOc1cc(N[C@H](CO)C(C)C)ccc1N. The van der Waals surface area contributed by atoms with Gasteiger partial charge in [0.2, 0.25) is 0 Å². The molecule has 0 aliphatic heterocycles. The van der Waals surface area contributed by atoms with Crippen LogP contribution in [-0.2, 0) is 0 Å². The minimum Gasteiger partial charge on any atom is -0.492 e. The highest BCUT2D eigenvalue weighted by Crippen LogP contribution is 2.26. The molecular formula is C13H22N2O2. The number of benzene rings is 1. The van der Waals surface area contributed by atoms with E-state index in [1.165, 1.54) is 0 Å². The molecule has 1 aromatic rings. The number of anilines is 2. The molecule has 0 spiro atoms. The lowest BCUT2D eigenvalue weighted by atomic mass is 10.1. The normalized spacial score (nSPS) is 12.5. The molecule has 0 fully saturated rings. The van der Waals surface area contributed by atoms with Gasteiger partial charge in [0, 0.05) is 11.8 Å². The average molecular weight is 238 g/mol. The lowest BCUT2D eigenvalue weighted by Crippen LogP contribution is -2.29. The van der Waals surface area contributed by atoms with Crippen molar-refractivity contribution in [1.82, 2.24) is 0 Å². The third-order valence-corrected chi connectivity index (χ3v) is 2.67. The van der Waals surface area contributed by atoms with E-state index in [2.05, 4.69) is 19.2 Å². The molecule has 0 bridgehead atoms. The van der Waals surface area contributed by atoms with Crippen molar-refractivity contribution in [3.05, 3.63) is 18.2 Å². The molecule has 0 saturated carbocycles. The Morgan fingerprint density at radius 1 is 1.41 bits per heavy atom. The molecule has 0 unspecified atom stereocenters. The highest BCUT2D eigenvalue weighted by molar-refractivity contribution is 5.61. The minimum absolute atomic E-state index is 0.0353. The van der Waals surface area contributed by atoms with Crippen molar-refractivity contribution in [2.24, 2.45) is 5.92 Å². The number of hydrogen-bond acceptors (Lipinski definition) is 4. The second kappa shape index (κ2) is 6.35. The number of hydrogen-bond donors (Lipinski definition) is 3. The first-order chi connectivity index (χ1) is 8.08. The van der Waals surface area contributed by atoms with Crippen molar-refractivity contribution >= 4 is 11.4 Å². The zero-order chi connectivity index (χ0) is 12.8. The topological polar surface area (TPSA) is 67.5 Å². The summed E-state index contributed by atoms with van der Waals surface area (Å²) in [7, 11) is 0. The van der Waals surface area contributed by atoms with Crippen LogP contribution >= 0.6 is 0 Å². The van der Waals surface area contributed by atoms with Crippen LogP contribution in [0.1, 0.15) is 20.8 Å². The first-order valence-corrected chi connectivity index (χ1v) is 5.98. The van der Waals surface area contributed by atoms with Crippen molar-refractivity contribution < 1.29 is 9.84 Å². The number of rotatable bonds is 6. The predicted molar refractivity (Wildman–Crippen MR) is 71.4 cm³/mol. The van der Waals surface area contributed by atoms with Gasteiger partial charge in [-0.2, -0.15) is 0 Å². The second-order valence-corrected chi connectivity index (χ2v) is 4.36. The van der Waals surface area contributed by atoms with E-state index < -0.39 is 0 Å². The van der Waals surface area contributed by atoms with Crippen LogP contribution in [0.3, 0.4) is 0 Å². The standard InChI is InChI=1S/C13H22N2O2/c1-4-17-13-7-10(5-6-11(13)14)15-12(8-16)9(2)3/h5-7,9,12,15-16H,4,8,14H2,1-3H3/t12-/m1/s1. The Morgan fingerprint density at radius 3 is 2.65 bits per heavy atom. The maximum Gasteiger partial charge on any atom is 0.144 e. The van der Waals surface area contributed by atoms with Gasteiger partial charge >= 0.3 is 0 Å². The molecule has 4 nitrogen and oxygen atoms in total. The van der Waals surface area contributed by atoms with Gasteiger partial charge in [-0.05, 0) is 25.0 Å². The van der Waals surface area contributed by atoms with E-state index in [-0.39, 0.29) is 12.6 Å². The van der Waals surface area contributed by atoms with Crippen LogP contribution in [0.15, 0.2) is 18.2 Å². The van der Waals surface area contributed by atoms with Crippen molar-refractivity contribution in [3.8, 4) is 5.75 Å². The molecule has 1 atom stereocenters. The van der Waals surface area contributed by atoms with Gasteiger partial charge < -0.3 is 20.9 Å². The predicted octanol–water partition coefficient (Wildman–Crippen LogP) is 2.10. The molecule has 0 saturated heterocycles. The molecule has 4 N–H and O–H groups in total. The van der Waals surface area contributed by atoms with E-state index in [9.17, 15) is 5.11 Å². The summed E-state index contributed by atoms with van der Waals surface area (Å²) in [5.41, 5.74) is 7.34. The Balaban J connectivity index is 2.80. The Morgan fingerprint density at radius 2 is 2.12 bits per heavy atom. The molecular weight excluding hydrogens is 216 g/mol. The third-order valence-electron chi connectivity index (χ3n) is 2.67. The molecule has 17 heavy (non-hydrogen) atoms. The van der Waals surface area contributed by atoms with Crippen molar-refractivity contribution in [2.45, 2.75) is 26.8 Å². The molecule has 1 rings (SSSR count). The van der Waals surface area contributed by atoms with Crippen LogP contribution in [0.2, 0.25) is 0 Å². The summed E-state index contributed by atoms with van der Waals surface area (Å²) in [5, 5.41) is 12.5. The zero-order valence-corrected chi connectivity index (χ0v) is 10.7. The van der Waals surface area contributed by atoms with Crippen LogP contribution in [0, 0.1) is 5.92 Å². The van der Waals surface area contributed by atoms with E-state index in [0.717, 1.165) is 5.69 Å². The summed E-state index contributed by atoms with van der Waals surface area (Å²) in [6.45, 7) is 6.74. The highest BCUT2D eigenvalue weighted by atomic mass is 16.5. The van der Waals surface area contributed by atoms with Gasteiger partial charge in [0.05, 0.1) is 24.9 Å². The Labute approximate surface area is 103 Å². The second-order valence-electron chi connectivity index (χ2n) is 4.36. The number of nitrogens with two attached hydrogens (primary N) is 1. The van der Waals surface area contributed by atoms with E-state index >= 15 is 0 Å². The average Bonchev–Trinajstić information content (AvgIpc) is 2.30. The fraction of sp³-hybridized carbons (Fsp3) is 0.538. The van der Waals surface area contributed by atoms with Gasteiger partial charge in [-0.3, -0.25) is 0 Å². The largest absolute Gasteiger partial charge is 0.492 e. The summed E-state index contributed by atoms with van der Waals surface area (Å²) in [5.74, 6) is 1.03. The van der Waals surface area contributed by atoms with Gasteiger partial charge in [-0.15, -0.1) is 0 Å². The number of aliphatic hydroxyl groups is 1. The molecule has 0 aliphatic carbocycles. The molecule has 0 amide bonds. The van der Waals surface area contributed by atoms with Crippen molar-refractivity contribution in [2.75, 3.05) is 24.3 Å². The molecule has 0 aromatic heterocycles. The number of ether oxygens (including phenoxy) is 1. The number of nitrogen functional groups attached to an aromatic ring is 1. The number of aliphatic hydroxyl groups excluding tert-OH is 1. The van der Waals surface area contributed by atoms with E-state index in [1.807, 2.05) is 25.1 Å². The fourth-order valence-corrected chi connectivity index (χ4v) is 1.54. The number of nitrogens with one attached hydrogen (secondary N) is 1. The minimum atomic E-state index is 0.0353. The maximum absolute atomic E-state index is 9.27. The fourth-order valence-electron chi connectivity index (χ4n) is 1.54. The first-order valence-electron chi connectivity index (χ1n) is 5.98. The van der Waals surface area contributed by atoms with E-state index in [4.69, 9.17) is 10.5 Å². The summed E-state index contributed by atoms with van der Waals surface area (Å²) < 4.78 is 5.43. The summed E-state index contributed by atoms with van der Waals surface area (Å²) in [6, 6.07) is 5.60. The molecule has 0 aliphatic rings. The highest BCUT2D eigenvalue weighted by Gasteiger charge is 2.12. The Kier molecular flexibility index (Phi) is 5.10. The van der Waals surface area contributed by atoms with Crippen LogP contribution in [0.4, 0.5) is 11.4 Å². The quantitative estimate of drug-likeness (QED) is 0.664. The lowest BCUT2D eigenvalue weighted by Gasteiger charge is -2.21. The van der Waals surface area contributed by atoms with E-state index in [0.29, 0.717) is 24.0 Å². The summed E-state index contributed by atoms with van der Waals surface area (Å²) in [6.07, 6.45) is 0. The van der Waals surface area contributed by atoms with Gasteiger partial charge in [-0.25, -0.2) is 0 Å². The van der Waals surface area contributed by atoms with Gasteiger partial charge in [0.15, 0.2) is 0 Å². The maximum atomic E-state index is 9.27. The smallest absolute Gasteiger partial charge is 0.144 e. The molecule has 0 radical (unpaired) electrons. The lowest BCUT2D eigenvalue weighted by molar-refractivity contribution is 0.249. The monoisotopic (exact) mass is 238 g/mol. The van der Waals surface area contributed by atoms with Crippen LogP contribution < -0.4 is 15.8 Å². The van der Waals surface area contributed by atoms with E-state index in [1.54, 1.807) is 0 Å². The van der Waals surface area contributed by atoms with Crippen LogP contribution in [-0.4, -0.2) is 24.4 Å². The summed E-state index contributed by atoms with van der Waals surface area (Å²) in [4.78, 5) is 0. The molecule has 4 heteroatoms. The van der Waals surface area contributed by atoms with Gasteiger partial charge in [0.1, 0.15) is 5.75 Å². The Bertz CT molecular complexity index is 353. The summed E-state index contributed by atoms with van der Waals surface area (Å²) >= 11 is 0. The van der Waals surface area contributed by atoms with Gasteiger partial charge in [-0.1, -0.05) is 13.8 Å². The van der Waals surface area contributed by atoms with Crippen LogP contribution in [0.25, 0.3) is 0 Å². The first kappa shape index (κ1) is 13.6. The van der Waals surface area contributed by atoms with Gasteiger partial charge in [0.25, 0.3) is 0 Å². The molecule has 96 valence electrons. The van der Waals surface area contributed by atoms with Crippen LogP contribution in [0.5, 0.6) is 5.75 Å². The Hall–Kier alpha value is -1.42. The van der Waals surface area contributed by atoms with Crippen molar-refractivity contribution in [1.29, 1.82) is 0 Å². The zero-order valence-electron chi connectivity index (χ0n) is 10.7.